The lowest BCUT2D eigenvalue weighted by Crippen LogP contribution is -2.00. The standard InChI is InChI=1S/C15H11Cl2NO/c1-2-14(19)7-11-9-18-4-3-15(11)10-5-12(16)8-13(17)6-10/h2-6,8-9H,1,7H2. The summed E-state index contributed by atoms with van der Waals surface area (Å²) in [5.41, 5.74) is 2.59. The van der Waals surface area contributed by atoms with E-state index < -0.39 is 0 Å². The summed E-state index contributed by atoms with van der Waals surface area (Å²) in [5, 5.41) is 1.11. The molecule has 4 heteroatoms. The molecule has 96 valence electrons. The average molecular weight is 292 g/mol. The van der Waals surface area contributed by atoms with Gasteiger partial charge in [-0.15, -0.1) is 0 Å². The van der Waals surface area contributed by atoms with Crippen molar-refractivity contribution in [2.24, 2.45) is 0 Å². The highest BCUT2D eigenvalue weighted by molar-refractivity contribution is 6.35. The first kappa shape index (κ1) is 13.8. The number of rotatable bonds is 4. The van der Waals surface area contributed by atoms with Gasteiger partial charge in [-0.2, -0.15) is 0 Å². The fourth-order valence-electron chi connectivity index (χ4n) is 1.82. The Bertz CT molecular complexity index is 618. The summed E-state index contributed by atoms with van der Waals surface area (Å²) in [7, 11) is 0. The molecule has 2 aromatic rings. The van der Waals surface area contributed by atoms with Crippen molar-refractivity contribution >= 4 is 29.0 Å². The molecule has 0 aliphatic carbocycles. The summed E-state index contributed by atoms with van der Waals surface area (Å²) < 4.78 is 0. The second kappa shape index (κ2) is 6.00. The van der Waals surface area contributed by atoms with Crippen molar-refractivity contribution in [2.45, 2.75) is 6.42 Å². The Labute approximate surface area is 121 Å². The summed E-state index contributed by atoms with van der Waals surface area (Å²) in [6.07, 6.45) is 4.91. The van der Waals surface area contributed by atoms with Gasteiger partial charge in [0.05, 0.1) is 0 Å². The lowest BCUT2D eigenvalue weighted by Gasteiger charge is -2.09. The minimum absolute atomic E-state index is 0.0534. The summed E-state index contributed by atoms with van der Waals surface area (Å²) >= 11 is 12.0. The smallest absolute Gasteiger partial charge is 0.159 e. The molecule has 0 amide bonds. The second-order valence-corrected chi connectivity index (χ2v) is 4.91. The highest BCUT2D eigenvalue weighted by Gasteiger charge is 2.09. The van der Waals surface area contributed by atoms with Crippen molar-refractivity contribution in [1.29, 1.82) is 0 Å². The molecule has 0 fully saturated rings. The van der Waals surface area contributed by atoms with Gasteiger partial charge in [0.2, 0.25) is 0 Å². The van der Waals surface area contributed by atoms with E-state index in [0.717, 1.165) is 16.7 Å². The number of ketones is 1. The van der Waals surface area contributed by atoms with E-state index in [1.165, 1.54) is 6.08 Å². The fourth-order valence-corrected chi connectivity index (χ4v) is 2.34. The van der Waals surface area contributed by atoms with Gasteiger partial charge in [0.25, 0.3) is 0 Å². The lowest BCUT2D eigenvalue weighted by molar-refractivity contribution is -0.114. The van der Waals surface area contributed by atoms with Crippen LogP contribution in [-0.4, -0.2) is 10.8 Å². The Morgan fingerprint density at radius 3 is 2.58 bits per heavy atom. The van der Waals surface area contributed by atoms with Crippen LogP contribution in [0.2, 0.25) is 10.0 Å². The summed E-state index contributed by atoms with van der Waals surface area (Å²) in [6, 6.07) is 7.13. The summed E-state index contributed by atoms with van der Waals surface area (Å²) in [5.74, 6) is -0.0534. The first-order valence-electron chi connectivity index (χ1n) is 5.65. The molecular weight excluding hydrogens is 281 g/mol. The zero-order valence-corrected chi connectivity index (χ0v) is 11.6. The van der Waals surface area contributed by atoms with Crippen LogP contribution < -0.4 is 0 Å². The zero-order valence-electron chi connectivity index (χ0n) is 10.1. The topological polar surface area (TPSA) is 30.0 Å². The van der Waals surface area contributed by atoms with E-state index in [1.54, 1.807) is 18.5 Å². The minimum atomic E-state index is -0.0534. The maximum Gasteiger partial charge on any atom is 0.159 e. The van der Waals surface area contributed by atoms with Crippen LogP contribution in [0.15, 0.2) is 49.3 Å². The van der Waals surface area contributed by atoms with Gasteiger partial charge in [0.1, 0.15) is 0 Å². The average Bonchev–Trinajstić information content (AvgIpc) is 2.38. The van der Waals surface area contributed by atoms with Gasteiger partial charge in [-0.3, -0.25) is 9.78 Å². The molecule has 0 aliphatic rings. The van der Waals surface area contributed by atoms with Gasteiger partial charge in [-0.05, 0) is 47.0 Å². The van der Waals surface area contributed by atoms with E-state index >= 15 is 0 Å². The van der Waals surface area contributed by atoms with Crippen LogP contribution in [0.4, 0.5) is 0 Å². The Morgan fingerprint density at radius 1 is 1.26 bits per heavy atom. The van der Waals surface area contributed by atoms with Crippen molar-refractivity contribution in [2.75, 3.05) is 0 Å². The van der Waals surface area contributed by atoms with Crippen LogP contribution in [0, 0.1) is 0 Å². The zero-order chi connectivity index (χ0) is 13.8. The van der Waals surface area contributed by atoms with E-state index in [4.69, 9.17) is 23.2 Å². The maximum atomic E-state index is 11.5. The van der Waals surface area contributed by atoms with Crippen molar-refractivity contribution in [3.8, 4) is 11.1 Å². The number of nitrogens with zero attached hydrogens (tertiary/aromatic N) is 1. The predicted octanol–water partition coefficient (Wildman–Crippen LogP) is 4.35. The van der Waals surface area contributed by atoms with Gasteiger partial charge >= 0.3 is 0 Å². The number of halogens is 2. The SMILES string of the molecule is C=CC(=O)Cc1cnccc1-c1cc(Cl)cc(Cl)c1. The third-order valence-corrected chi connectivity index (χ3v) is 3.11. The Morgan fingerprint density at radius 2 is 1.95 bits per heavy atom. The monoisotopic (exact) mass is 291 g/mol. The number of pyridine rings is 1. The number of benzene rings is 1. The van der Waals surface area contributed by atoms with E-state index in [2.05, 4.69) is 11.6 Å². The Balaban J connectivity index is 2.49. The fraction of sp³-hybridized carbons (Fsp3) is 0.0667. The van der Waals surface area contributed by atoms with Crippen molar-refractivity contribution < 1.29 is 4.79 Å². The number of allylic oxidation sites excluding steroid dienone is 1. The first-order chi connectivity index (χ1) is 9.10. The summed E-state index contributed by atoms with van der Waals surface area (Å²) in [6.45, 7) is 3.48. The molecule has 19 heavy (non-hydrogen) atoms. The lowest BCUT2D eigenvalue weighted by atomic mass is 9.98. The third-order valence-electron chi connectivity index (χ3n) is 2.67. The third kappa shape index (κ3) is 3.43. The van der Waals surface area contributed by atoms with E-state index in [9.17, 15) is 4.79 Å². The molecule has 1 heterocycles. The Hall–Kier alpha value is -1.64. The van der Waals surface area contributed by atoms with Crippen LogP contribution in [0.3, 0.4) is 0 Å². The van der Waals surface area contributed by atoms with Gasteiger partial charge < -0.3 is 0 Å². The van der Waals surface area contributed by atoms with Crippen LogP contribution in [0.25, 0.3) is 11.1 Å². The number of carbonyl (C=O) groups excluding carboxylic acids is 1. The van der Waals surface area contributed by atoms with Gasteiger partial charge in [0, 0.05) is 28.9 Å². The molecule has 1 aromatic carbocycles. The van der Waals surface area contributed by atoms with Crippen LogP contribution in [0.1, 0.15) is 5.56 Å². The minimum Gasteiger partial charge on any atom is -0.295 e. The molecule has 0 N–H and O–H groups in total. The molecule has 0 saturated heterocycles. The van der Waals surface area contributed by atoms with Crippen molar-refractivity contribution in [1.82, 2.24) is 4.98 Å². The van der Waals surface area contributed by atoms with Crippen LogP contribution in [-0.2, 0) is 11.2 Å². The molecule has 0 saturated carbocycles. The van der Waals surface area contributed by atoms with E-state index in [-0.39, 0.29) is 12.2 Å². The Kier molecular flexibility index (Phi) is 4.35. The van der Waals surface area contributed by atoms with Crippen LogP contribution in [0.5, 0.6) is 0 Å². The first-order valence-corrected chi connectivity index (χ1v) is 6.40. The van der Waals surface area contributed by atoms with Crippen molar-refractivity contribution in [3.63, 3.8) is 0 Å². The predicted molar refractivity (Wildman–Crippen MR) is 78.6 cm³/mol. The van der Waals surface area contributed by atoms with Gasteiger partial charge in [-0.25, -0.2) is 0 Å². The molecule has 2 rings (SSSR count). The van der Waals surface area contributed by atoms with Gasteiger partial charge in [0.15, 0.2) is 5.78 Å². The quantitative estimate of drug-likeness (QED) is 0.784. The molecule has 0 spiro atoms. The largest absolute Gasteiger partial charge is 0.295 e. The number of hydrogen-bond donors (Lipinski definition) is 0. The van der Waals surface area contributed by atoms with E-state index in [1.807, 2.05) is 18.2 Å². The van der Waals surface area contributed by atoms with Crippen molar-refractivity contribution in [3.05, 3.63) is 64.9 Å². The number of aromatic nitrogens is 1. The molecule has 1 aromatic heterocycles. The molecule has 2 nitrogen and oxygen atoms in total. The van der Waals surface area contributed by atoms with E-state index in [0.29, 0.717) is 10.0 Å². The molecular formula is C15H11Cl2NO. The second-order valence-electron chi connectivity index (χ2n) is 4.04. The maximum absolute atomic E-state index is 11.5. The molecule has 0 unspecified atom stereocenters. The van der Waals surface area contributed by atoms with Gasteiger partial charge in [-0.1, -0.05) is 29.8 Å². The molecule has 0 aliphatic heterocycles. The highest BCUT2D eigenvalue weighted by atomic mass is 35.5. The molecule has 0 bridgehead atoms. The molecule has 0 atom stereocenters. The summed E-state index contributed by atoms with van der Waals surface area (Å²) in [4.78, 5) is 15.6. The van der Waals surface area contributed by atoms with Crippen LogP contribution >= 0.6 is 23.2 Å². The number of carbonyl (C=O) groups is 1. The molecule has 0 radical (unpaired) electrons. The normalized spacial score (nSPS) is 10.2. The number of hydrogen-bond acceptors (Lipinski definition) is 2. The highest BCUT2D eigenvalue weighted by Crippen LogP contribution is 2.29.